The molecule has 0 aliphatic carbocycles. The Labute approximate surface area is 193 Å². The van der Waals surface area contributed by atoms with E-state index in [2.05, 4.69) is 6.58 Å². The van der Waals surface area contributed by atoms with Gasteiger partial charge >= 0.3 is 5.97 Å². The number of hydrogen-bond donors (Lipinski definition) is 2. The lowest BCUT2D eigenvalue weighted by atomic mass is 9.70. The van der Waals surface area contributed by atoms with Gasteiger partial charge in [-0.1, -0.05) is 50.3 Å². The molecule has 1 spiro atoms. The zero-order valence-corrected chi connectivity index (χ0v) is 19.1. The zero-order valence-electron chi connectivity index (χ0n) is 19.1. The fourth-order valence-corrected chi connectivity index (χ4v) is 5.99. The second-order valence-corrected chi connectivity index (χ2v) is 9.63. The van der Waals surface area contributed by atoms with Gasteiger partial charge in [-0.05, 0) is 24.3 Å². The molecule has 3 heterocycles. The maximum Gasteiger partial charge on any atom is 0.310 e. The average molecular weight is 457 g/mol. The third kappa shape index (κ3) is 3.65. The molecule has 3 aliphatic heterocycles. The lowest BCUT2D eigenvalue weighted by molar-refractivity contribution is -0.154. The SMILES string of the molecule is C=CCN(Cc1ccccc1)C(=O)C1N([C@@H](CO)C(C)C)C(=O)[C@@H]2[C@@H](C(=O)O)[C@H]3CCC12O3. The molecule has 4 rings (SSSR count). The minimum absolute atomic E-state index is 0.132. The van der Waals surface area contributed by atoms with Gasteiger partial charge in [-0.2, -0.15) is 0 Å². The first-order valence-electron chi connectivity index (χ1n) is 11.5. The zero-order chi connectivity index (χ0) is 23.9. The summed E-state index contributed by atoms with van der Waals surface area (Å²) in [6, 6.07) is 7.92. The lowest BCUT2D eigenvalue weighted by Gasteiger charge is -2.40. The van der Waals surface area contributed by atoms with Crippen LogP contribution >= 0.6 is 0 Å². The highest BCUT2D eigenvalue weighted by molar-refractivity contribution is 5.98. The molecule has 0 aromatic heterocycles. The molecule has 1 aromatic rings. The number of aliphatic carboxylic acids is 1. The number of carbonyl (C=O) groups is 3. The van der Waals surface area contributed by atoms with Crippen molar-refractivity contribution < 1.29 is 29.3 Å². The number of ether oxygens (including phenoxy) is 1. The summed E-state index contributed by atoms with van der Waals surface area (Å²) in [6.45, 7) is 7.81. The van der Waals surface area contributed by atoms with Crippen molar-refractivity contribution in [2.45, 2.75) is 57.0 Å². The summed E-state index contributed by atoms with van der Waals surface area (Å²) in [4.78, 5) is 43.0. The maximum atomic E-state index is 14.1. The van der Waals surface area contributed by atoms with E-state index in [-0.39, 0.29) is 25.0 Å². The predicted octanol–water partition coefficient (Wildman–Crippen LogP) is 1.68. The van der Waals surface area contributed by atoms with Crippen LogP contribution in [0, 0.1) is 17.8 Å². The fourth-order valence-electron chi connectivity index (χ4n) is 5.99. The molecule has 0 saturated carbocycles. The number of hydrogen-bond acceptors (Lipinski definition) is 5. The molecule has 8 heteroatoms. The molecular formula is C25H32N2O6. The highest BCUT2D eigenvalue weighted by atomic mass is 16.5. The van der Waals surface area contributed by atoms with Crippen LogP contribution in [-0.2, 0) is 25.7 Å². The average Bonchev–Trinajstić information content (AvgIpc) is 3.42. The van der Waals surface area contributed by atoms with Crippen molar-refractivity contribution in [3.63, 3.8) is 0 Å². The monoisotopic (exact) mass is 456 g/mol. The van der Waals surface area contributed by atoms with E-state index in [1.54, 1.807) is 11.0 Å². The second-order valence-electron chi connectivity index (χ2n) is 9.63. The van der Waals surface area contributed by atoms with Gasteiger partial charge in [0.25, 0.3) is 0 Å². The number of amides is 2. The van der Waals surface area contributed by atoms with E-state index in [1.807, 2.05) is 44.2 Å². The quantitative estimate of drug-likeness (QED) is 0.548. The van der Waals surface area contributed by atoms with Crippen molar-refractivity contribution in [1.29, 1.82) is 0 Å². The number of aliphatic hydroxyl groups is 1. The molecule has 178 valence electrons. The third-order valence-electron chi connectivity index (χ3n) is 7.45. The Morgan fingerprint density at radius 3 is 2.61 bits per heavy atom. The fraction of sp³-hybridized carbons (Fsp3) is 0.560. The summed E-state index contributed by atoms with van der Waals surface area (Å²) in [5, 5.41) is 20.1. The van der Waals surface area contributed by atoms with Gasteiger partial charge in [0.1, 0.15) is 11.6 Å². The first-order valence-corrected chi connectivity index (χ1v) is 11.5. The van der Waals surface area contributed by atoms with Gasteiger partial charge in [-0.15, -0.1) is 6.58 Å². The Balaban J connectivity index is 1.78. The van der Waals surface area contributed by atoms with E-state index in [0.717, 1.165) is 5.56 Å². The smallest absolute Gasteiger partial charge is 0.310 e. The molecule has 2 N–H and O–H groups in total. The largest absolute Gasteiger partial charge is 0.481 e. The van der Waals surface area contributed by atoms with Crippen LogP contribution in [0.25, 0.3) is 0 Å². The van der Waals surface area contributed by atoms with E-state index < -0.39 is 47.5 Å². The molecular weight excluding hydrogens is 424 g/mol. The number of aliphatic hydroxyl groups excluding tert-OH is 1. The van der Waals surface area contributed by atoms with E-state index in [0.29, 0.717) is 19.4 Å². The number of rotatable bonds is 9. The van der Waals surface area contributed by atoms with Crippen LogP contribution in [-0.4, -0.2) is 74.7 Å². The van der Waals surface area contributed by atoms with Crippen LogP contribution in [0.5, 0.6) is 0 Å². The van der Waals surface area contributed by atoms with Gasteiger partial charge in [0.2, 0.25) is 11.8 Å². The summed E-state index contributed by atoms with van der Waals surface area (Å²) >= 11 is 0. The number of likely N-dealkylation sites (tertiary alicyclic amines) is 1. The Morgan fingerprint density at radius 2 is 2.03 bits per heavy atom. The Hall–Kier alpha value is -2.71. The van der Waals surface area contributed by atoms with Crippen molar-refractivity contribution in [2.24, 2.45) is 17.8 Å². The topological polar surface area (TPSA) is 107 Å². The van der Waals surface area contributed by atoms with Crippen molar-refractivity contribution in [3.05, 3.63) is 48.6 Å². The molecule has 8 nitrogen and oxygen atoms in total. The lowest BCUT2D eigenvalue weighted by Crippen LogP contribution is -2.59. The number of carbonyl (C=O) groups excluding carboxylic acids is 2. The summed E-state index contributed by atoms with van der Waals surface area (Å²) in [5.74, 6) is -3.84. The minimum atomic E-state index is -1.19. The molecule has 3 aliphatic rings. The standard InChI is InChI=1S/C25H32N2O6/c1-4-12-26(13-16-8-6-5-7-9-16)23(30)21-25-11-10-18(33-25)19(24(31)32)20(25)22(29)27(21)17(14-28)15(2)3/h4-9,15,17-21,28H,1,10-14H2,2-3H3,(H,31,32)/t17-,18+,19-,20-,21?,25?/m0/s1. The van der Waals surface area contributed by atoms with Crippen LogP contribution < -0.4 is 0 Å². The number of fused-ring (bicyclic) bond motifs is 1. The highest BCUT2D eigenvalue weighted by Gasteiger charge is 2.75. The van der Waals surface area contributed by atoms with Crippen molar-refractivity contribution >= 4 is 17.8 Å². The summed E-state index contributed by atoms with van der Waals surface area (Å²) in [6.07, 6.45) is 1.98. The first kappa shape index (κ1) is 23.4. The van der Waals surface area contributed by atoms with Gasteiger partial charge in [0, 0.05) is 13.1 Å². The van der Waals surface area contributed by atoms with Crippen LogP contribution in [0.1, 0.15) is 32.3 Å². The Bertz CT molecular complexity index is 934. The van der Waals surface area contributed by atoms with Gasteiger partial charge in [-0.25, -0.2) is 0 Å². The van der Waals surface area contributed by atoms with Crippen molar-refractivity contribution in [2.75, 3.05) is 13.2 Å². The molecule has 3 fully saturated rings. The van der Waals surface area contributed by atoms with Crippen LogP contribution in [0.15, 0.2) is 43.0 Å². The van der Waals surface area contributed by atoms with E-state index in [1.165, 1.54) is 4.90 Å². The molecule has 2 amide bonds. The third-order valence-corrected chi connectivity index (χ3v) is 7.45. The molecule has 3 saturated heterocycles. The van der Waals surface area contributed by atoms with Crippen molar-refractivity contribution in [3.8, 4) is 0 Å². The minimum Gasteiger partial charge on any atom is -0.481 e. The Morgan fingerprint density at radius 1 is 1.33 bits per heavy atom. The van der Waals surface area contributed by atoms with Gasteiger partial charge in [0.15, 0.2) is 0 Å². The van der Waals surface area contributed by atoms with Crippen LogP contribution in [0.2, 0.25) is 0 Å². The Kier molecular flexibility index (Phi) is 6.33. The van der Waals surface area contributed by atoms with Crippen LogP contribution in [0.4, 0.5) is 0 Å². The second kappa shape index (κ2) is 8.91. The summed E-state index contributed by atoms with van der Waals surface area (Å²) < 4.78 is 6.25. The molecule has 33 heavy (non-hydrogen) atoms. The molecule has 2 unspecified atom stereocenters. The predicted molar refractivity (Wildman–Crippen MR) is 120 cm³/mol. The van der Waals surface area contributed by atoms with Crippen molar-refractivity contribution in [1.82, 2.24) is 9.80 Å². The summed E-state index contributed by atoms with van der Waals surface area (Å²) in [7, 11) is 0. The summed E-state index contributed by atoms with van der Waals surface area (Å²) in [5.41, 5.74) is -0.263. The number of carboxylic acids is 1. The molecule has 6 atom stereocenters. The number of nitrogens with zero attached hydrogens (tertiary/aromatic N) is 2. The van der Waals surface area contributed by atoms with E-state index >= 15 is 0 Å². The van der Waals surface area contributed by atoms with Gasteiger partial charge < -0.3 is 24.7 Å². The van der Waals surface area contributed by atoms with E-state index in [4.69, 9.17) is 4.74 Å². The van der Waals surface area contributed by atoms with Crippen LogP contribution in [0.3, 0.4) is 0 Å². The van der Waals surface area contributed by atoms with Gasteiger partial charge in [-0.3, -0.25) is 14.4 Å². The molecule has 1 aromatic carbocycles. The normalized spacial score (nSPS) is 31.0. The maximum absolute atomic E-state index is 14.1. The first-order chi connectivity index (χ1) is 15.8. The molecule has 0 radical (unpaired) electrons. The number of benzene rings is 1. The van der Waals surface area contributed by atoms with Gasteiger partial charge in [0.05, 0.1) is 30.6 Å². The highest BCUT2D eigenvalue weighted by Crippen LogP contribution is 2.59. The van der Waals surface area contributed by atoms with E-state index in [9.17, 15) is 24.6 Å². The molecule has 2 bridgehead atoms. The number of carboxylic acid groups (broad SMARTS) is 1.